The number of rotatable bonds is 6. The van der Waals surface area contributed by atoms with Gasteiger partial charge in [0.1, 0.15) is 18.5 Å². The molecule has 1 aromatic rings. The Hall–Kier alpha value is -2.03. The molecule has 0 unspecified atom stereocenters. The number of nitrogens with zero attached hydrogens (tertiary/aromatic N) is 2. The van der Waals surface area contributed by atoms with Crippen molar-refractivity contribution in [2.45, 2.75) is 24.9 Å². The van der Waals surface area contributed by atoms with Crippen LogP contribution in [0.25, 0.3) is 0 Å². The first kappa shape index (κ1) is 17.8. The van der Waals surface area contributed by atoms with Crippen LogP contribution in [0.3, 0.4) is 0 Å². The van der Waals surface area contributed by atoms with Crippen LogP contribution in [0, 0.1) is 5.82 Å². The van der Waals surface area contributed by atoms with E-state index in [0.29, 0.717) is 24.9 Å². The molecule has 3 rings (SSSR count). The smallest absolute Gasteiger partial charge is 0.253 e. The molecule has 3 N–H and O–H groups in total. The summed E-state index contributed by atoms with van der Waals surface area (Å²) >= 11 is 0. The Morgan fingerprint density at radius 1 is 1.52 bits per heavy atom. The van der Waals surface area contributed by atoms with Crippen LogP contribution in [0.5, 0.6) is 0 Å². The average Bonchev–Trinajstić information content (AvgIpc) is 3.43. The molecule has 2 fully saturated rings. The minimum atomic E-state index is -0.588. The lowest BCUT2D eigenvalue weighted by Crippen LogP contribution is -2.47. The van der Waals surface area contributed by atoms with E-state index in [1.165, 1.54) is 17.0 Å². The molecule has 1 saturated heterocycles. The molecule has 2 aliphatic rings. The zero-order valence-electron chi connectivity index (χ0n) is 14.2. The highest BCUT2D eigenvalue weighted by Gasteiger charge is 2.34. The molecular formula is C17H23FN4O3. The normalized spacial score (nSPS) is 19.2. The third kappa shape index (κ3) is 3.97. The number of benzene rings is 1. The van der Waals surface area contributed by atoms with Crippen molar-refractivity contribution in [3.63, 3.8) is 0 Å². The number of amides is 2. The van der Waals surface area contributed by atoms with Gasteiger partial charge < -0.3 is 20.7 Å². The number of hydrogen-bond acceptors (Lipinski definition) is 5. The minimum Gasteiger partial charge on any atom is -0.370 e. The van der Waals surface area contributed by atoms with Gasteiger partial charge >= 0.3 is 0 Å². The number of nitrogens with two attached hydrogens (primary N) is 1. The zero-order valence-corrected chi connectivity index (χ0v) is 14.2. The number of halogens is 1. The number of anilines is 2. The fourth-order valence-electron chi connectivity index (χ4n) is 2.97. The number of nitrogens with one attached hydrogen (secondary N) is 1. The van der Waals surface area contributed by atoms with Crippen molar-refractivity contribution < 1.29 is 18.7 Å². The van der Waals surface area contributed by atoms with Crippen LogP contribution in [0.2, 0.25) is 0 Å². The molecule has 0 aromatic heterocycles. The highest BCUT2D eigenvalue weighted by atomic mass is 19.1. The molecule has 7 nitrogen and oxygen atoms in total. The Kier molecular flexibility index (Phi) is 5.31. The number of likely N-dealkylation sites (N-methyl/N-ethyl adjacent to an activating group) is 1. The molecule has 1 atom stereocenters. The van der Waals surface area contributed by atoms with Gasteiger partial charge in [0.25, 0.3) is 5.91 Å². The molecule has 1 heterocycles. The molecule has 25 heavy (non-hydrogen) atoms. The van der Waals surface area contributed by atoms with Gasteiger partial charge in [0, 0.05) is 24.8 Å². The highest BCUT2D eigenvalue weighted by Crippen LogP contribution is 2.28. The van der Waals surface area contributed by atoms with E-state index < -0.39 is 11.9 Å². The lowest BCUT2D eigenvalue weighted by atomic mass is 10.2. The molecule has 0 radical (unpaired) electrons. The maximum atomic E-state index is 14.4. The molecule has 0 spiro atoms. The standard InChI is InChI=1S/C17H23FN4O3/c1-21(11-2-3-11)15(9-19)17(24)20-14-5-4-12(8-13(14)18)22-6-7-25-10-16(22)23/h4-5,8,11,15H,2-3,6-7,9-10,19H2,1H3,(H,20,24)/t15-/m0/s1. The summed E-state index contributed by atoms with van der Waals surface area (Å²) in [6, 6.07) is 4.21. The summed E-state index contributed by atoms with van der Waals surface area (Å²) in [5.74, 6) is -1.13. The Morgan fingerprint density at radius 2 is 2.28 bits per heavy atom. The maximum absolute atomic E-state index is 14.4. The lowest BCUT2D eigenvalue weighted by molar-refractivity contribution is -0.125. The SMILES string of the molecule is CN(C1CC1)[C@@H](CN)C(=O)Nc1ccc(N2CCOCC2=O)cc1F. The van der Waals surface area contributed by atoms with E-state index in [0.717, 1.165) is 12.8 Å². The third-order valence-corrected chi connectivity index (χ3v) is 4.65. The summed E-state index contributed by atoms with van der Waals surface area (Å²) in [5.41, 5.74) is 6.25. The fourth-order valence-corrected chi connectivity index (χ4v) is 2.97. The second-order valence-electron chi connectivity index (χ2n) is 6.40. The largest absolute Gasteiger partial charge is 0.370 e. The van der Waals surface area contributed by atoms with Crippen molar-refractivity contribution in [1.29, 1.82) is 0 Å². The van der Waals surface area contributed by atoms with Crippen molar-refractivity contribution in [3.05, 3.63) is 24.0 Å². The van der Waals surface area contributed by atoms with Crippen LogP contribution in [-0.4, -0.2) is 62.1 Å². The first-order valence-corrected chi connectivity index (χ1v) is 8.41. The molecular weight excluding hydrogens is 327 g/mol. The predicted molar refractivity (Wildman–Crippen MR) is 91.8 cm³/mol. The summed E-state index contributed by atoms with van der Waals surface area (Å²) in [7, 11) is 1.86. The molecule has 1 aromatic carbocycles. The van der Waals surface area contributed by atoms with Crippen molar-refractivity contribution >= 4 is 23.2 Å². The van der Waals surface area contributed by atoms with E-state index in [2.05, 4.69) is 5.32 Å². The third-order valence-electron chi connectivity index (χ3n) is 4.65. The Balaban J connectivity index is 1.70. The molecule has 136 valence electrons. The maximum Gasteiger partial charge on any atom is 0.253 e. The number of morpholine rings is 1. The van der Waals surface area contributed by atoms with E-state index in [4.69, 9.17) is 10.5 Å². The molecule has 8 heteroatoms. The van der Waals surface area contributed by atoms with Gasteiger partial charge in [0.2, 0.25) is 5.91 Å². The van der Waals surface area contributed by atoms with Gasteiger partial charge in [0.05, 0.1) is 12.3 Å². The number of hydrogen-bond donors (Lipinski definition) is 2. The molecule has 1 saturated carbocycles. The lowest BCUT2D eigenvalue weighted by Gasteiger charge is -2.27. The van der Waals surface area contributed by atoms with Gasteiger partial charge in [-0.15, -0.1) is 0 Å². The van der Waals surface area contributed by atoms with Crippen LogP contribution in [0.4, 0.5) is 15.8 Å². The quantitative estimate of drug-likeness (QED) is 0.782. The van der Waals surface area contributed by atoms with Gasteiger partial charge in [0.15, 0.2) is 0 Å². The van der Waals surface area contributed by atoms with Gasteiger partial charge in [-0.05, 0) is 38.1 Å². The fraction of sp³-hybridized carbons (Fsp3) is 0.529. The monoisotopic (exact) mass is 350 g/mol. The van der Waals surface area contributed by atoms with Crippen LogP contribution >= 0.6 is 0 Å². The summed E-state index contributed by atoms with van der Waals surface area (Å²) in [6.45, 7) is 0.954. The van der Waals surface area contributed by atoms with E-state index in [9.17, 15) is 14.0 Å². The van der Waals surface area contributed by atoms with Crippen LogP contribution in [-0.2, 0) is 14.3 Å². The van der Waals surface area contributed by atoms with E-state index in [-0.39, 0.29) is 30.7 Å². The minimum absolute atomic E-state index is 0.00815. The topological polar surface area (TPSA) is 87.9 Å². The molecule has 2 amide bonds. The predicted octanol–water partition coefficient (Wildman–Crippen LogP) is 0.549. The Labute approximate surface area is 145 Å². The second kappa shape index (κ2) is 7.47. The zero-order chi connectivity index (χ0) is 18.0. The van der Waals surface area contributed by atoms with Crippen molar-refractivity contribution in [2.75, 3.05) is 43.6 Å². The van der Waals surface area contributed by atoms with E-state index in [1.807, 2.05) is 11.9 Å². The molecule has 1 aliphatic carbocycles. The van der Waals surface area contributed by atoms with E-state index >= 15 is 0 Å². The summed E-state index contributed by atoms with van der Waals surface area (Å²) < 4.78 is 19.5. The van der Waals surface area contributed by atoms with Crippen LogP contribution < -0.4 is 16.0 Å². The Morgan fingerprint density at radius 3 is 2.88 bits per heavy atom. The van der Waals surface area contributed by atoms with Crippen molar-refractivity contribution in [1.82, 2.24) is 4.90 Å². The first-order valence-electron chi connectivity index (χ1n) is 8.41. The summed E-state index contributed by atoms with van der Waals surface area (Å²) in [5, 5.41) is 2.60. The highest BCUT2D eigenvalue weighted by molar-refractivity contribution is 5.97. The van der Waals surface area contributed by atoms with Crippen LogP contribution in [0.1, 0.15) is 12.8 Å². The summed E-state index contributed by atoms with van der Waals surface area (Å²) in [4.78, 5) is 27.7. The Bertz CT molecular complexity index is 665. The van der Waals surface area contributed by atoms with E-state index in [1.54, 1.807) is 6.07 Å². The van der Waals surface area contributed by atoms with Crippen molar-refractivity contribution in [3.8, 4) is 0 Å². The average molecular weight is 350 g/mol. The number of carbonyl (C=O) groups excluding carboxylic acids is 2. The number of carbonyl (C=O) groups is 2. The van der Waals surface area contributed by atoms with Gasteiger partial charge in [-0.25, -0.2) is 4.39 Å². The summed E-state index contributed by atoms with van der Waals surface area (Å²) in [6.07, 6.45) is 2.10. The van der Waals surface area contributed by atoms with Gasteiger partial charge in [-0.3, -0.25) is 14.5 Å². The van der Waals surface area contributed by atoms with Gasteiger partial charge in [-0.2, -0.15) is 0 Å². The van der Waals surface area contributed by atoms with Gasteiger partial charge in [-0.1, -0.05) is 0 Å². The molecule has 1 aliphatic heterocycles. The van der Waals surface area contributed by atoms with Crippen LogP contribution in [0.15, 0.2) is 18.2 Å². The number of ether oxygens (including phenoxy) is 1. The second-order valence-corrected chi connectivity index (χ2v) is 6.40. The first-order chi connectivity index (χ1) is 12.0. The van der Waals surface area contributed by atoms with Crippen molar-refractivity contribution in [2.24, 2.45) is 5.73 Å². The molecule has 0 bridgehead atoms.